The predicted molar refractivity (Wildman–Crippen MR) is 68.1 cm³/mol. The van der Waals surface area contributed by atoms with Crippen molar-refractivity contribution in [3.05, 3.63) is 40.9 Å². The minimum atomic E-state index is -0.838. The molecule has 90 valence electrons. The lowest BCUT2D eigenvalue weighted by atomic mass is 10.0. The first-order valence-corrected chi connectivity index (χ1v) is 6.08. The van der Waals surface area contributed by atoms with Crippen LogP contribution in [0.3, 0.4) is 0 Å². The molecule has 0 aliphatic carbocycles. The molecule has 1 N–H and O–H groups in total. The van der Waals surface area contributed by atoms with E-state index in [-0.39, 0.29) is 5.91 Å². The predicted octanol–water partition coefficient (Wildman–Crippen LogP) is 2.09. The Bertz CT molecular complexity index is 588. The number of nitrogens with zero attached hydrogens (tertiary/aromatic N) is 3. The van der Waals surface area contributed by atoms with Gasteiger partial charge in [-0.05, 0) is 12.5 Å². The van der Waals surface area contributed by atoms with Gasteiger partial charge in [-0.15, -0.1) is 10.2 Å². The van der Waals surface area contributed by atoms with Gasteiger partial charge in [-0.1, -0.05) is 41.7 Å². The largest absolute Gasteiger partial charge is 0.299 e. The summed E-state index contributed by atoms with van der Waals surface area (Å²) >= 11 is 1.28. The summed E-state index contributed by atoms with van der Waals surface area (Å²) in [5.74, 6) is -1.23. The van der Waals surface area contributed by atoms with Crippen molar-refractivity contribution in [1.29, 1.82) is 5.26 Å². The number of carbonyl (C=O) groups is 1. The van der Waals surface area contributed by atoms with E-state index in [4.69, 9.17) is 5.26 Å². The molecule has 0 aliphatic heterocycles. The first-order valence-electron chi connectivity index (χ1n) is 5.26. The Labute approximate surface area is 108 Å². The van der Waals surface area contributed by atoms with Gasteiger partial charge in [-0.25, -0.2) is 0 Å². The molecule has 18 heavy (non-hydrogen) atoms. The second-order valence-corrected chi connectivity index (χ2v) is 4.77. The molecular formula is C12H10N4OS. The number of aryl methyl sites for hydroxylation is 1. The van der Waals surface area contributed by atoms with Gasteiger partial charge in [0, 0.05) is 0 Å². The number of nitrogens with one attached hydrogen (secondary N) is 1. The molecule has 0 saturated carbocycles. The summed E-state index contributed by atoms with van der Waals surface area (Å²) in [6.07, 6.45) is 0. The molecule has 1 heterocycles. The van der Waals surface area contributed by atoms with E-state index in [0.717, 1.165) is 5.01 Å². The molecule has 5 nitrogen and oxygen atoms in total. The van der Waals surface area contributed by atoms with Crippen LogP contribution in [0.2, 0.25) is 0 Å². The number of hydrogen-bond donors (Lipinski definition) is 1. The number of aromatic nitrogens is 2. The van der Waals surface area contributed by atoms with Gasteiger partial charge in [-0.3, -0.25) is 10.1 Å². The second kappa shape index (κ2) is 5.38. The first-order chi connectivity index (χ1) is 8.70. The molecular weight excluding hydrogens is 248 g/mol. The Morgan fingerprint density at radius 1 is 1.39 bits per heavy atom. The molecule has 2 aromatic rings. The maximum absolute atomic E-state index is 12.0. The Morgan fingerprint density at radius 3 is 2.67 bits per heavy atom. The Hall–Kier alpha value is -2.26. The van der Waals surface area contributed by atoms with Crippen LogP contribution in [0.5, 0.6) is 0 Å². The van der Waals surface area contributed by atoms with Gasteiger partial charge < -0.3 is 0 Å². The van der Waals surface area contributed by atoms with E-state index in [1.54, 1.807) is 31.2 Å². The summed E-state index contributed by atoms with van der Waals surface area (Å²) in [7, 11) is 0. The maximum Gasteiger partial charge on any atom is 0.248 e. The first kappa shape index (κ1) is 12.2. The quantitative estimate of drug-likeness (QED) is 0.914. The molecule has 6 heteroatoms. The highest BCUT2D eigenvalue weighted by molar-refractivity contribution is 7.15. The number of anilines is 1. The molecule has 1 aromatic heterocycles. The molecule has 0 fully saturated rings. The topological polar surface area (TPSA) is 78.7 Å². The highest BCUT2D eigenvalue weighted by Gasteiger charge is 2.20. The zero-order valence-corrected chi connectivity index (χ0v) is 10.4. The molecule has 2 rings (SSSR count). The van der Waals surface area contributed by atoms with Gasteiger partial charge in [0.15, 0.2) is 5.92 Å². The monoisotopic (exact) mass is 258 g/mol. The molecule has 0 bridgehead atoms. The lowest BCUT2D eigenvalue weighted by Crippen LogP contribution is -2.19. The fraction of sp³-hybridized carbons (Fsp3) is 0.167. The minimum Gasteiger partial charge on any atom is -0.299 e. The molecule has 0 radical (unpaired) electrons. The van der Waals surface area contributed by atoms with Crippen molar-refractivity contribution in [3.63, 3.8) is 0 Å². The number of nitriles is 1. The number of amides is 1. The molecule has 0 saturated heterocycles. The van der Waals surface area contributed by atoms with Crippen LogP contribution in [0.4, 0.5) is 5.13 Å². The van der Waals surface area contributed by atoms with Crippen LogP contribution in [0.15, 0.2) is 30.3 Å². The summed E-state index contributed by atoms with van der Waals surface area (Å²) < 4.78 is 0. The van der Waals surface area contributed by atoms with E-state index in [0.29, 0.717) is 10.7 Å². The highest BCUT2D eigenvalue weighted by Crippen LogP contribution is 2.19. The standard InChI is InChI=1S/C12H10N4OS/c1-8-15-16-12(18-8)14-11(17)10(7-13)9-5-3-2-4-6-9/h2-6,10H,1H3,(H,14,16,17). The van der Waals surface area contributed by atoms with Crippen molar-refractivity contribution in [1.82, 2.24) is 10.2 Å². The van der Waals surface area contributed by atoms with E-state index in [9.17, 15) is 4.79 Å². The second-order valence-electron chi connectivity index (χ2n) is 3.59. The Balaban J connectivity index is 2.15. The summed E-state index contributed by atoms with van der Waals surface area (Å²) in [6, 6.07) is 10.9. The van der Waals surface area contributed by atoms with Crippen LogP contribution < -0.4 is 5.32 Å². The normalized spacial score (nSPS) is 11.6. The van der Waals surface area contributed by atoms with Crippen LogP contribution >= 0.6 is 11.3 Å². The zero-order valence-electron chi connectivity index (χ0n) is 9.62. The number of rotatable bonds is 3. The van der Waals surface area contributed by atoms with Gasteiger partial charge in [0.1, 0.15) is 5.01 Å². The van der Waals surface area contributed by atoms with E-state index in [2.05, 4.69) is 15.5 Å². The third-order valence-electron chi connectivity index (χ3n) is 2.28. The number of carbonyl (C=O) groups excluding carboxylic acids is 1. The smallest absolute Gasteiger partial charge is 0.248 e. The van der Waals surface area contributed by atoms with Crippen molar-refractivity contribution < 1.29 is 4.79 Å². The van der Waals surface area contributed by atoms with Crippen molar-refractivity contribution in [2.45, 2.75) is 12.8 Å². The van der Waals surface area contributed by atoms with Gasteiger partial charge in [0.2, 0.25) is 11.0 Å². The van der Waals surface area contributed by atoms with Crippen LogP contribution in [0.25, 0.3) is 0 Å². The van der Waals surface area contributed by atoms with Crippen molar-refractivity contribution in [2.24, 2.45) is 0 Å². The summed E-state index contributed by atoms with van der Waals surface area (Å²) in [5, 5.41) is 20.5. The van der Waals surface area contributed by atoms with Gasteiger partial charge in [0.05, 0.1) is 6.07 Å². The molecule has 1 unspecified atom stereocenters. The van der Waals surface area contributed by atoms with Crippen molar-refractivity contribution in [2.75, 3.05) is 5.32 Å². The summed E-state index contributed by atoms with van der Waals surface area (Å²) in [5.41, 5.74) is 0.665. The molecule has 1 atom stereocenters. The van der Waals surface area contributed by atoms with E-state index in [1.807, 2.05) is 12.1 Å². The fourth-order valence-electron chi connectivity index (χ4n) is 1.45. The average Bonchev–Trinajstić information content (AvgIpc) is 2.77. The lowest BCUT2D eigenvalue weighted by Gasteiger charge is -2.07. The van der Waals surface area contributed by atoms with E-state index in [1.165, 1.54) is 11.3 Å². The third kappa shape index (κ3) is 2.70. The number of benzene rings is 1. The zero-order chi connectivity index (χ0) is 13.0. The highest BCUT2D eigenvalue weighted by atomic mass is 32.1. The van der Waals surface area contributed by atoms with Crippen LogP contribution in [0, 0.1) is 18.3 Å². The summed E-state index contributed by atoms with van der Waals surface area (Å²) in [4.78, 5) is 12.0. The molecule has 0 aliphatic rings. The maximum atomic E-state index is 12.0. The van der Waals surface area contributed by atoms with Gasteiger partial charge in [-0.2, -0.15) is 5.26 Å². The summed E-state index contributed by atoms with van der Waals surface area (Å²) in [6.45, 7) is 1.80. The van der Waals surface area contributed by atoms with Crippen molar-refractivity contribution in [3.8, 4) is 6.07 Å². The molecule has 1 aromatic carbocycles. The third-order valence-corrected chi connectivity index (χ3v) is 3.03. The van der Waals surface area contributed by atoms with E-state index >= 15 is 0 Å². The minimum absolute atomic E-state index is 0.389. The van der Waals surface area contributed by atoms with E-state index < -0.39 is 5.92 Å². The Morgan fingerprint density at radius 2 is 2.11 bits per heavy atom. The Kier molecular flexibility index (Phi) is 3.65. The molecule has 0 spiro atoms. The number of hydrogen-bond acceptors (Lipinski definition) is 5. The average molecular weight is 258 g/mol. The van der Waals surface area contributed by atoms with Crippen LogP contribution in [-0.2, 0) is 4.79 Å². The van der Waals surface area contributed by atoms with Gasteiger partial charge >= 0.3 is 0 Å². The fourth-order valence-corrected chi connectivity index (χ4v) is 2.05. The van der Waals surface area contributed by atoms with Crippen molar-refractivity contribution >= 4 is 22.4 Å². The SMILES string of the molecule is Cc1nnc(NC(=O)C(C#N)c2ccccc2)s1. The van der Waals surface area contributed by atoms with Gasteiger partial charge in [0.25, 0.3) is 0 Å². The lowest BCUT2D eigenvalue weighted by molar-refractivity contribution is -0.116. The van der Waals surface area contributed by atoms with Crippen LogP contribution in [-0.4, -0.2) is 16.1 Å². The van der Waals surface area contributed by atoms with Crippen LogP contribution in [0.1, 0.15) is 16.5 Å². The molecule has 1 amide bonds.